The number of hydrogen-bond donors (Lipinski definition) is 0. The summed E-state index contributed by atoms with van der Waals surface area (Å²) in [7, 11) is 5.51. The van der Waals surface area contributed by atoms with Gasteiger partial charge in [-0.3, -0.25) is 14.9 Å². The van der Waals surface area contributed by atoms with Crippen molar-refractivity contribution in [2.45, 2.75) is 0 Å². The second-order valence-electron chi connectivity index (χ2n) is 7.61. The molecule has 1 amide bonds. The van der Waals surface area contributed by atoms with Gasteiger partial charge in [0, 0.05) is 37.5 Å². The third kappa shape index (κ3) is 4.45. The van der Waals surface area contributed by atoms with Gasteiger partial charge in [-0.2, -0.15) is 10.1 Å². The summed E-state index contributed by atoms with van der Waals surface area (Å²) in [6.07, 6.45) is 1.80. The number of rotatable bonds is 6. The molecule has 33 heavy (non-hydrogen) atoms. The third-order valence-electron chi connectivity index (χ3n) is 5.27. The van der Waals surface area contributed by atoms with E-state index in [0.29, 0.717) is 22.7 Å². The van der Waals surface area contributed by atoms with Gasteiger partial charge in [-0.15, -0.1) is 0 Å². The maximum absolute atomic E-state index is 13.4. The number of benzene rings is 3. The molecule has 1 aliphatic rings. The molecule has 0 spiro atoms. The highest BCUT2D eigenvalue weighted by molar-refractivity contribution is 6.37. The zero-order chi connectivity index (χ0) is 23.5. The van der Waals surface area contributed by atoms with Crippen LogP contribution in [0.1, 0.15) is 11.1 Å². The smallest absolute Gasteiger partial charge is 0.281 e. The lowest BCUT2D eigenvalue weighted by atomic mass is 10.00. The molecule has 4 rings (SSSR count). The predicted octanol–water partition coefficient (Wildman–Crippen LogP) is 4.50. The summed E-state index contributed by atoms with van der Waals surface area (Å²) in [6, 6.07) is 20.9. The molecule has 0 aromatic heterocycles. The maximum atomic E-state index is 13.4. The third-order valence-corrected chi connectivity index (χ3v) is 5.27. The molecule has 0 atom stereocenters. The van der Waals surface area contributed by atoms with E-state index < -0.39 is 4.92 Å². The van der Waals surface area contributed by atoms with Crippen LogP contribution in [0.15, 0.2) is 83.5 Å². The summed E-state index contributed by atoms with van der Waals surface area (Å²) in [6.45, 7) is 0. The van der Waals surface area contributed by atoms with Crippen molar-refractivity contribution in [2.75, 3.05) is 31.1 Å². The molecule has 0 saturated heterocycles. The number of methoxy groups -OCH3 is 1. The van der Waals surface area contributed by atoms with Gasteiger partial charge in [0.15, 0.2) is 0 Å². The number of hydrazone groups is 1. The standard InChI is InChI=1S/C25H22N4O4/c1-27(2)19-8-4-17(5-9-19)16-23-24(18-6-14-22(33-3)15-7-18)26-28(25(23)30)20-10-12-21(13-11-20)29(31)32/h4-16H,1-3H3/b23-16+. The van der Waals surface area contributed by atoms with Gasteiger partial charge >= 0.3 is 0 Å². The molecule has 8 nitrogen and oxygen atoms in total. The molecule has 0 fully saturated rings. The monoisotopic (exact) mass is 442 g/mol. The Hall–Kier alpha value is -4.46. The van der Waals surface area contributed by atoms with Crippen LogP contribution in [0.25, 0.3) is 6.08 Å². The topological polar surface area (TPSA) is 88.3 Å². The Morgan fingerprint density at radius 1 is 0.970 bits per heavy atom. The van der Waals surface area contributed by atoms with Gasteiger partial charge < -0.3 is 9.64 Å². The first kappa shape index (κ1) is 21.8. The zero-order valence-corrected chi connectivity index (χ0v) is 18.4. The van der Waals surface area contributed by atoms with Gasteiger partial charge in [-0.05, 0) is 60.2 Å². The number of carbonyl (C=O) groups excluding carboxylic acids is 1. The van der Waals surface area contributed by atoms with Crippen molar-refractivity contribution in [3.63, 3.8) is 0 Å². The van der Waals surface area contributed by atoms with Crippen LogP contribution in [-0.4, -0.2) is 37.7 Å². The summed E-state index contributed by atoms with van der Waals surface area (Å²) in [5.41, 5.74) is 3.99. The minimum atomic E-state index is -0.482. The number of amides is 1. The fourth-order valence-corrected chi connectivity index (χ4v) is 3.43. The van der Waals surface area contributed by atoms with Gasteiger partial charge in [-0.25, -0.2) is 0 Å². The van der Waals surface area contributed by atoms with E-state index >= 15 is 0 Å². The van der Waals surface area contributed by atoms with Crippen LogP contribution < -0.4 is 14.6 Å². The second kappa shape index (κ2) is 8.96. The number of non-ortho nitro benzene ring substituents is 1. The van der Waals surface area contributed by atoms with Gasteiger partial charge in [0.25, 0.3) is 11.6 Å². The first-order chi connectivity index (χ1) is 15.9. The molecule has 0 N–H and O–H groups in total. The van der Waals surface area contributed by atoms with Gasteiger partial charge in [0.05, 0.1) is 23.3 Å². The predicted molar refractivity (Wildman–Crippen MR) is 129 cm³/mol. The summed E-state index contributed by atoms with van der Waals surface area (Å²) in [4.78, 5) is 25.9. The summed E-state index contributed by atoms with van der Waals surface area (Å²) >= 11 is 0. The number of nitrogens with zero attached hydrogens (tertiary/aromatic N) is 4. The van der Waals surface area contributed by atoms with E-state index in [9.17, 15) is 14.9 Å². The summed E-state index contributed by atoms with van der Waals surface area (Å²) in [5, 5.41) is 16.8. The van der Waals surface area contributed by atoms with Crippen molar-refractivity contribution < 1.29 is 14.5 Å². The molecule has 0 bridgehead atoms. The zero-order valence-electron chi connectivity index (χ0n) is 18.4. The molecule has 0 unspecified atom stereocenters. The number of hydrogen-bond acceptors (Lipinski definition) is 6. The second-order valence-corrected chi connectivity index (χ2v) is 7.61. The number of nitro benzene ring substituents is 1. The molecule has 3 aromatic rings. The SMILES string of the molecule is COc1ccc(C2=NN(c3ccc([N+](=O)[O-])cc3)C(=O)/C2=C/c2ccc(N(C)C)cc2)cc1. The van der Waals surface area contributed by atoms with Crippen molar-refractivity contribution in [1.82, 2.24) is 0 Å². The van der Waals surface area contributed by atoms with E-state index in [4.69, 9.17) is 4.74 Å². The van der Waals surface area contributed by atoms with Crippen molar-refractivity contribution >= 4 is 34.8 Å². The highest BCUT2D eigenvalue weighted by atomic mass is 16.6. The van der Waals surface area contributed by atoms with Crippen LogP contribution in [0, 0.1) is 10.1 Å². The molecule has 1 heterocycles. The Labute approximate surface area is 191 Å². The molecular weight excluding hydrogens is 420 g/mol. The summed E-state index contributed by atoms with van der Waals surface area (Å²) < 4.78 is 5.24. The van der Waals surface area contributed by atoms with E-state index in [1.54, 1.807) is 25.3 Å². The van der Waals surface area contributed by atoms with Crippen molar-refractivity contribution in [3.05, 3.63) is 99.6 Å². The van der Waals surface area contributed by atoms with E-state index in [1.165, 1.54) is 29.3 Å². The maximum Gasteiger partial charge on any atom is 0.281 e. The van der Waals surface area contributed by atoms with Gasteiger partial charge in [0.2, 0.25) is 0 Å². The number of ether oxygens (including phenoxy) is 1. The Morgan fingerprint density at radius 3 is 2.15 bits per heavy atom. The quantitative estimate of drug-likeness (QED) is 0.319. The minimum Gasteiger partial charge on any atom is -0.497 e. The van der Waals surface area contributed by atoms with E-state index in [2.05, 4.69) is 5.10 Å². The van der Waals surface area contributed by atoms with Crippen molar-refractivity contribution in [1.29, 1.82) is 0 Å². The fraction of sp³-hybridized carbons (Fsp3) is 0.120. The van der Waals surface area contributed by atoms with Gasteiger partial charge in [0.1, 0.15) is 11.5 Å². The largest absolute Gasteiger partial charge is 0.497 e. The van der Waals surface area contributed by atoms with Crippen LogP contribution in [0.4, 0.5) is 17.1 Å². The Kier molecular flexibility index (Phi) is 5.91. The number of carbonyl (C=O) groups is 1. The highest BCUT2D eigenvalue weighted by Crippen LogP contribution is 2.30. The van der Waals surface area contributed by atoms with E-state index in [0.717, 1.165) is 16.8 Å². The molecule has 166 valence electrons. The van der Waals surface area contributed by atoms with Crippen molar-refractivity contribution in [3.8, 4) is 5.75 Å². The van der Waals surface area contributed by atoms with Crippen LogP contribution >= 0.6 is 0 Å². The lowest BCUT2D eigenvalue weighted by molar-refractivity contribution is -0.384. The van der Waals surface area contributed by atoms with Crippen molar-refractivity contribution in [2.24, 2.45) is 5.10 Å². The molecule has 0 radical (unpaired) electrons. The Bertz CT molecular complexity index is 1250. The first-order valence-electron chi connectivity index (χ1n) is 10.2. The van der Waals surface area contributed by atoms with Crippen LogP contribution in [0.3, 0.4) is 0 Å². The fourth-order valence-electron chi connectivity index (χ4n) is 3.43. The van der Waals surface area contributed by atoms with Gasteiger partial charge in [-0.1, -0.05) is 12.1 Å². The first-order valence-corrected chi connectivity index (χ1v) is 10.2. The lowest BCUT2D eigenvalue weighted by Gasteiger charge is -2.12. The average Bonchev–Trinajstić information content (AvgIpc) is 3.15. The van der Waals surface area contributed by atoms with E-state index in [1.807, 2.05) is 55.4 Å². The highest BCUT2D eigenvalue weighted by Gasteiger charge is 2.32. The molecule has 8 heteroatoms. The molecule has 1 aliphatic heterocycles. The molecular formula is C25H22N4O4. The van der Waals surface area contributed by atoms with Crippen LogP contribution in [0.2, 0.25) is 0 Å². The normalized spacial score (nSPS) is 14.4. The molecule has 0 saturated carbocycles. The number of nitro groups is 1. The Morgan fingerprint density at radius 2 is 1.61 bits per heavy atom. The van der Waals surface area contributed by atoms with E-state index in [-0.39, 0.29) is 11.6 Å². The lowest BCUT2D eigenvalue weighted by Crippen LogP contribution is -2.21. The average molecular weight is 442 g/mol. The Balaban J connectivity index is 1.76. The summed E-state index contributed by atoms with van der Waals surface area (Å²) in [5.74, 6) is 0.382. The minimum absolute atomic E-state index is 0.0542. The van der Waals surface area contributed by atoms with Crippen LogP contribution in [-0.2, 0) is 4.79 Å². The molecule has 3 aromatic carbocycles. The molecule has 0 aliphatic carbocycles. The van der Waals surface area contributed by atoms with Crippen LogP contribution in [0.5, 0.6) is 5.75 Å². The number of anilines is 2.